The molecule has 152 valence electrons. The lowest BCUT2D eigenvalue weighted by atomic mass is 10.2. The van der Waals surface area contributed by atoms with Gasteiger partial charge < -0.3 is 14.6 Å². The minimum Gasteiger partial charge on any atom is -0.482 e. The molecule has 1 heterocycles. The van der Waals surface area contributed by atoms with Gasteiger partial charge in [-0.25, -0.2) is 4.98 Å². The lowest BCUT2D eigenvalue weighted by Crippen LogP contribution is -2.36. The van der Waals surface area contributed by atoms with Gasteiger partial charge in [0, 0.05) is 16.0 Å². The number of nitrogens with one attached hydrogen (secondary N) is 1. The van der Waals surface area contributed by atoms with Gasteiger partial charge in [-0.15, -0.1) is 0 Å². The Morgan fingerprint density at radius 3 is 2.76 bits per heavy atom. The minimum absolute atomic E-state index is 0.155. The minimum atomic E-state index is -0.275. The van der Waals surface area contributed by atoms with Crippen molar-refractivity contribution in [2.24, 2.45) is 0 Å². The van der Waals surface area contributed by atoms with Crippen LogP contribution < -0.4 is 10.3 Å². The maximum Gasteiger partial charge on any atom is 0.260 e. The summed E-state index contributed by atoms with van der Waals surface area (Å²) in [5, 5.41) is 1.34. The second-order valence-corrected chi connectivity index (χ2v) is 8.11. The zero-order valence-corrected chi connectivity index (χ0v) is 18.6. The summed E-state index contributed by atoms with van der Waals surface area (Å²) in [7, 11) is 0. The number of carbonyl (C=O) groups is 1. The summed E-state index contributed by atoms with van der Waals surface area (Å²) < 4.78 is 6.39. The van der Waals surface area contributed by atoms with Crippen LogP contribution in [0.1, 0.15) is 19.2 Å². The molecular formula is C20H18BrCl2N3O3. The van der Waals surface area contributed by atoms with E-state index >= 15 is 0 Å². The summed E-state index contributed by atoms with van der Waals surface area (Å²) in [5.41, 5.74) is 0.210. The number of hydrogen-bond donors (Lipinski definition) is 1. The first-order valence-corrected chi connectivity index (χ1v) is 10.5. The molecule has 3 aromatic rings. The molecule has 0 unspecified atom stereocenters. The SMILES string of the molecule is CCCN(Cc1nc2cc(Cl)ccc2c(=O)[nH]1)C(=O)COc1ccc(Br)cc1Cl. The van der Waals surface area contributed by atoms with E-state index < -0.39 is 0 Å². The fourth-order valence-electron chi connectivity index (χ4n) is 2.80. The van der Waals surface area contributed by atoms with Gasteiger partial charge in [0.2, 0.25) is 0 Å². The molecule has 9 heteroatoms. The van der Waals surface area contributed by atoms with E-state index in [4.69, 9.17) is 27.9 Å². The zero-order valence-electron chi connectivity index (χ0n) is 15.5. The second kappa shape index (κ2) is 9.61. The van der Waals surface area contributed by atoms with E-state index in [1.54, 1.807) is 41.3 Å². The number of hydrogen-bond acceptors (Lipinski definition) is 4. The van der Waals surface area contributed by atoms with Crippen molar-refractivity contribution in [3.8, 4) is 5.75 Å². The number of benzene rings is 2. The van der Waals surface area contributed by atoms with E-state index in [0.717, 1.165) is 10.9 Å². The highest BCUT2D eigenvalue weighted by Crippen LogP contribution is 2.27. The third-order valence-electron chi connectivity index (χ3n) is 4.15. The third-order valence-corrected chi connectivity index (χ3v) is 5.17. The van der Waals surface area contributed by atoms with Crippen LogP contribution in [0, 0.1) is 0 Å². The molecule has 29 heavy (non-hydrogen) atoms. The van der Waals surface area contributed by atoms with Crippen molar-refractivity contribution in [1.82, 2.24) is 14.9 Å². The summed E-state index contributed by atoms with van der Waals surface area (Å²) in [6.07, 6.45) is 0.744. The van der Waals surface area contributed by atoms with Crippen LogP contribution in [0.3, 0.4) is 0 Å². The molecule has 0 radical (unpaired) electrons. The van der Waals surface area contributed by atoms with E-state index in [2.05, 4.69) is 25.9 Å². The summed E-state index contributed by atoms with van der Waals surface area (Å²) in [4.78, 5) is 33.8. The van der Waals surface area contributed by atoms with Crippen molar-refractivity contribution in [2.75, 3.05) is 13.2 Å². The van der Waals surface area contributed by atoms with Gasteiger partial charge in [-0.3, -0.25) is 9.59 Å². The van der Waals surface area contributed by atoms with Gasteiger partial charge in [-0.1, -0.05) is 46.1 Å². The average molecular weight is 499 g/mol. The summed E-state index contributed by atoms with van der Waals surface area (Å²) in [5.74, 6) is 0.569. The van der Waals surface area contributed by atoms with Crippen LogP contribution in [0.2, 0.25) is 10.0 Å². The molecule has 1 amide bonds. The van der Waals surface area contributed by atoms with Gasteiger partial charge in [0.15, 0.2) is 6.61 Å². The maximum atomic E-state index is 12.7. The van der Waals surface area contributed by atoms with Gasteiger partial charge in [0.1, 0.15) is 11.6 Å². The van der Waals surface area contributed by atoms with Crippen LogP contribution in [0.4, 0.5) is 0 Å². The summed E-state index contributed by atoms with van der Waals surface area (Å²) in [6.45, 7) is 2.43. The van der Waals surface area contributed by atoms with Crippen LogP contribution in [-0.4, -0.2) is 33.9 Å². The number of halogens is 3. The standard InChI is InChI=1S/C20H18BrCl2N3O3/c1-2-7-26(19(27)11-29-17-6-3-12(21)8-15(17)23)10-18-24-16-9-13(22)4-5-14(16)20(28)25-18/h3-6,8-9H,2,7,10-11H2,1H3,(H,24,25,28). The van der Waals surface area contributed by atoms with Crippen molar-refractivity contribution in [2.45, 2.75) is 19.9 Å². The number of aromatic amines is 1. The normalized spacial score (nSPS) is 10.9. The third kappa shape index (κ3) is 5.50. The van der Waals surface area contributed by atoms with Crippen molar-refractivity contribution in [3.05, 3.63) is 67.1 Å². The van der Waals surface area contributed by atoms with Crippen LogP contribution in [0.5, 0.6) is 5.75 Å². The number of fused-ring (bicyclic) bond motifs is 1. The largest absolute Gasteiger partial charge is 0.482 e. The Hall–Kier alpha value is -2.09. The Morgan fingerprint density at radius 1 is 1.24 bits per heavy atom. The predicted octanol–water partition coefficient (Wildman–Crippen LogP) is 4.81. The lowest BCUT2D eigenvalue weighted by molar-refractivity contribution is -0.134. The predicted molar refractivity (Wildman–Crippen MR) is 118 cm³/mol. The van der Waals surface area contributed by atoms with Crippen molar-refractivity contribution in [3.63, 3.8) is 0 Å². The Morgan fingerprint density at radius 2 is 2.03 bits per heavy atom. The van der Waals surface area contributed by atoms with Crippen molar-refractivity contribution >= 4 is 55.9 Å². The number of aromatic nitrogens is 2. The average Bonchev–Trinajstić information content (AvgIpc) is 2.66. The highest BCUT2D eigenvalue weighted by Gasteiger charge is 2.17. The molecule has 3 rings (SSSR count). The molecule has 0 saturated heterocycles. The van der Waals surface area contributed by atoms with Crippen LogP contribution in [0.15, 0.2) is 45.7 Å². The first kappa shape index (κ1) is 21.6. The number of H-pyrrole nitrogens is 1. The number of ether oxygens (including phenoxy) is 1. The smallest absolute Gasteiger partial charge is 0.260 e. The van der Waals surface area contributed by atoms with E-state index in [-0.39, 0.29) is 24.6 Å². The molecule has 2 aromatic carbocycles. The van der Waals surface area contributed by atoms with E-state index in [0.29, 0.717) is 39.1 Å². The van der Waals surface area contributed by atoms with Gasteiger partial charge in [0.25, 0.3) is 11.5 Å². The lowest BCUT2D eigenvalue weighted by Gasteiger charge is -2.22. The van der Waals surface area contributed by atoms with E-state index in [1.165, 1.54) is 0 Å². The monoisotopic (exact) mass is 497 g/mol. The molecule has 0 spiro atoms. The van der Waals surface area contributed by atoms with Crippen LogP contribution in [-0.2, 0) is 11.3 Å². The van der Waals surface area contributed by atoms with Crippen LogP contribution >= 0.6 is 39.1 Å². The fourth-order valence-corrected chi connectivity index (χ4v) is 3.70. The number of nitrogens with zero attached hydrogens (tertiary/aromatic N) is 2. The molecule has 0 fully saturated rings. The molecule has 1 N–H and O–H groups in total. The second-order valence-electron chi connectivity index (χ2n) is 6.35. The van der Waals surface area contributed by atoms with Crippen molar-refractivity contribution < 1.29 is 9.53 Å². The van der Waals surface area contributed by atoms with Gasteiger partial charge in [-0.05, 0) is 42.8 Å². The van der Waals surface area contributed by atoms with E-state index in [1.807, 2.05) is 6.92 Å². The summed E-state index contributed by atoms with van der Waals surface area (Å²) in [6, 6.07) is 10.1. The Bertz CT molecular complexity index is 1100. The van der Waals surface area contributed by atoms with E-state index in [9.17, 15) is 9.59 Å². The zero-order chi connectivity index (χ0) is 21.0. The van der Waals surface area contributed by atoms with Gasteiger partial charge in [0.05, 0.1) is 22.5 Å². The first-order chi connectivity index (χ1) is 13.9. The molecule has 0 bridgehead atoms. The summed E-state index contributed by atoms with van der Waals surface area (Å²) >= 11 is 15.5. The fraction of sp³-hybridized carbons (Fsp3) is 0.250. The quantitative estimate of drug-likeness (QED) is 0.507. The maximum absolute atomic E-state index is 12.7. The molecule has 0 saturated carbocycles. The number of carbonyl (C=O) groups excluding carboxylic acids is 1. The highest BCUT2D eigenvalue weighted by atomic mass is 79.9. The topological polar surface area (TPSA) is 75.3 Å². The van der Waals surface area contributed by atoms with Gasteiger partial charge >= 0.3 is 0 Å². The molecular weight excluding hydrogens is 481 g/mol. The number of amides is 1. The molecule has 6 nitrogen and oxygen atoms in total. The first-order valence-electron chi connectivity index (χ1n) is 8.91. The molecule has 0 aliphatic heterocycles. The Balaban J connectivity index is 1.76. The van der Waals surface area contributed by atoms with Crippen molar-refractivity contribution in [1.29, 1.82) is 0 Å². The van der Waals surface area contributed by atoms with Gasteiger partial charge in [-0.2, -0.15) is 0 Å². The Kier molecular flexibility index (Phi) is 7.16. The molecule has 0 aliphatic carbocycles. The Labute approximate surface area is 185 Å². The molecule has 1 aromatic heterocycles. The highest BCUT2D eigenvalue weighted by molar-refractivity contribution is 9.10. The molecule has 0 aliphatic rings. The van der Waals surface area contributed by atoms with Crippen LogP contribution in [0.25, 0.3) is 10.9 Å². The molecule has 0 atom stereocenters. The number of rotatable bonds is 7.